The third kappa shape index (κ3) is 10.7. The zero-order valence-electron chi connectivity index (χ0n) is 12.8. The average Bonchev–Trinajstić information content (AvgIpc) is 2.76. The molecular weight excluding hydrogens is 324 g/mol. The second-order valence-electron chi connectivity index (χ2n) is 4.59. The number of nitrogens with one attached hydrogen (secondary N) is 1. The minimum atomic E-state index is 0.346. The van der Waals surface area contributed by atoms with Gasteiger partial charge in [-0.15, -0.1) is 0 Å². The fourth-order valence-electron chi connectivity index (χ4n) is 1.53. The summed E-state index contributed by atoms with van der Waals surface area (Å²) in [6.07, 6.45) is 7.98. The molecule has 0 aliphatic carbocycles. The van der Waals surface area contributed by atoms with Crippen LogP contribution in [0.4, 0.5) is 0 Å². The Morgan fingerprint density at radius 1 is 1.29 bits per heavy atom. The van der Waals surface area contributed by atoms with Gasteiger partial charge in [0.2, 0.25) is 9.15 Å². The first-order valence-electron chi connectivity index (χ1n) is 7.30. The Kier molecular flexibility index (Phi) is 12.7. The van der Waals surface area contributed by atoms with Crippen molar-refractivity contribution >= 4 is 41.4 Å². The monoisotopic (exact) mass is 350 g/mol. The molecule has 5 nitrogen and oxygen atoms in total. The third-order valence-electron chi connectivity index (χ3n) is 2.75. The minimum absolute atomic E-state index is 0.346. The molecular formula is C13H26N4OS3. The Bertz CT molecular complexity index is 445. The third-order valence-corrected chi connectivity index (χ3v) is 3.29. The van der Waals surface area contributed by atoms with Crippen LogP contribution >= 0.6 is 37.1 Å². The molecule has 1 aromatic heterocycles. The van der Waals surface area contributed by atoms with Crippen molar-refractivity contribution in [3.63, 3.8) is 0 Å². The summed E-state index contributed by atoms with van der Waals surface area (Å²) in [5.74, 6) is 6.48. The van der Waals surface area contributed by atoms with Gasteiger partial charge in [-0.1, -0.05) is 52.2 Å². The van der Waals surface area contributed by atoms with Gasteiger partial charge in [-0.2, -0.15) is 5.10 Å². The Hall–Kier alpha value is -0.600. The highest BCUT2D eigenvalue weighted by Crippen LogP contribution is 2.04. The average molecular weight is 351 g/mol. The highest BCUT2D eigenvalue weighted by atomic mass is 32.1. The Morgan fingerprint density at radius 2 is 1.95 bits per heavy atom. The van der Waals surface area contributed by atoms with Crippen LogP contribution in [0.15, 0.2) is 0 Å². The number of nitrogen functional groups attached to an aromatic ring is 1. The molecule has 8 heteroatoms. The van der Waals surface area contributed by atoms with E-state index in [0.717, 1.165) is 31.5 Å². The summed E-state index contributed by atoms with van der Waals surface area (Å²) in [6.45, 7) is 5.00. The van der Waals surface area contributed by atoms with Gasteiger partial charge in [0.15, 0.2) is 5.82 Å². The van der Waals surface area contributed by atoms with Crippen LogP contribution in [-0.2, 0) is 11.2 Å². The molecule has 0 saturated carbocycles. The fraction of sp³-hybridized carbons (Fsp3) is 0.769. The van der Waals surface area contributed by atoms with Crippen molar-refractivity contribution in [2.24, 2.45) is 0 Å². The number of aromatic nitrogens is 3. The van der Waals surface area contributed by atoms with Gasteiger partial charge in [-0.05, 0) is 37.3 Å². The SMILES string of the molecule is CCCCCCc1n[nH]c(=S)n1N.CCCCOC(=S)S. The second kappa shape index (κ2) is 13.1. The number of hydrogen-bond donors (Lipinski definition) is 3. The van der Waals surface area contributed by atoms with Gasteiger partial charge in [0.05, 0.1) is 6.61 Å². The van der Waals surface area contributed by atoms with Crippen LogP contribution in [0.3, 0.4) is 0 Å². The largest absolute Gasteiger partial charge is 0.479 e. The number of rotatable bonds is 8. The van der Waals surface area contributed by atoms with Gasteiger partial charge >= 0.3 is 0 Å². The van der Waals surface area contributed by atoms with E-state index in [4.69, 9.17) is 22.8 Å². The first-order valence-corrected chi connectivity index (χ1v) is 8.56. The molecule has 0 saturated heterocycles. The molecule has 0 aromatic carbocycles. The first kappa shape index (κ1) is 20.4. The van der Waals surface area contributed by atoms with Crippen molar-refractivity contribution in [3.05, 3.63) is 10.6 Å². The molecule has 1 heterocycles. The topological polar surface area (TPSA) is 68.9 Å². The second-order valence-corrected chi connectivity index (χ2v) is 6.06. The molecule has 1 aromatic rings. The van der Waals surface area contributed by atoms with Gasteiger partial charge in [0.1, 0.15) is 0 Å². The highest BCUT2D eigenvalue weighted by Gasteiger charge is 2.01. The van der Waals surface area contributed by atoms with Crippen molar-refractivity contribution in [1.82, 2.24) is 14.9 Å². The van der Waals surface area contributed by atoms with Crippen LogP contribution in [-0.4, -0.2) is 25.9 Å². The maximum Gasteiger partial charge on any atom is 0.216 e. The summed E-state index contributed by atoms with van der Waals surface area (Å²) in [7, 11) is 0. The number of thiol groups is 1. The van der Waals surface area contributed by atoms with Crippen LogP contribution in [0.2, 0.25) is 0 Å². The van der Waals surface area contributed by atoms with Crippen molar-refractivity contribution in [1.29, 1.82) is 0 Å². The summed E-state index contributed by atoms with van der Waals surface area (Å²) < 4.78 is 7.16. The van der Waals surface area contributed by atoms with Crippen LogP contribution in [0, 0.1) is 4.77 Å². The number of nitrogens with two attached hydrogens (primary N) is 1. The Morgan fingerprint density at radius 3 is 2.43 bits per heavy atom. The highest BCUT2D eigenvalue weighted by molar-refractivity contribution is 8.10. The molecule has 0 bridgehead atoms. The predicted octanol–water partition coefficient (Wildman–Crippen LogP) is 3.80. The normalized spacial score (nSPS) is 9.86. The summed E-state index contributed by atoms with van der Waals surface area (Å²) >= 11 is 13.2. The number of nitrogens with zero attached hydrogens (tertiary/aromatic N) is 2. The zero-order valence-corrected chi connectivity index (χ0v) is 15.3. The number of H-pyrrole nitrogens is 1. The quantitative estimate of drug-likeness (QED) is 0.288. The van der Waals surface area contributed by atoms with E-state index < -0.39 is 0 Å². The number of hydrogen-bond acceptors (Lipinski definition) is 5. The van der Waals surface area contributed by atoms with Gasteiger partial charge < -0.3 is 10.6 Å². The molecule has 1 rings (SSSR count). The lowest BCUT2D eigenvalue weighted by molar-refractivity contribution is 0.313. The van der Waals surface area contributed by atoms with E-state index in [-0.39, 0.29) is 0 Å². The Balaban J connectivity index is 0.000000433. The van der Waals surface area contributed by atoms with Crippen molar-refractivity contribution in [2.45, 2.75) is 58.8 Å². The van der Waals surface area contributed by atoms with Crippen LogP contribution in [0.1, 0.15) is 58.2 Å². The van der Waals surface area contributed by atoms with Crippen LogP contribution in [0.5, 0.6) is 0 Å². The van der Waals surface area contributed by atoms with Crippen molar-refractivity contribution in [2.75, 3.05) is 12.4 Å². The van der Waals surface area contributed by atoms with Crippen molar-refractivity contribution < 1.29 is 4.74 Å². The molecule has 0 spiro atoms. The summed E-state index contributed by atoms with van der Waals surface area (Å²) in [5, 5.41) is 6.70. The van der Waals surface area contributed by atoms with Crippen LogP contribution < -0.4 is 5.84 Å². The minimum Gasteiger partial charge on any atom is -0.479 e. The fourth-order valence-corrected chi connectivity index (χ4v) is 1.85. The summed E-state index contributed by atoms with van der Waals surface area (Å²) in [6, 6.07) is 0. The molecule has 0 radical (unpaired) electrons. The van der Waals surface area contributed by atoms with E-state index in [0.29, 0.717) is 15.8 Å². The lowest BCUT2D eigenvalue weighted by Crippen LogP contribution is -2.12. The van der Waals surface area contributed by atoms with E-state index >= 15 is 0 Å². The molecule has 21 heavy (non-hydrogen) atoms. The zero-order chi connectivity index (χ0) is 16.1. The van der Waals surface area contributed by atoms with Crippen LogP contribution in [0.25, 0.3) is 0 Å². The molecule has 0 aliphatic rings. The molecule has 122 valence electrons. The molecule has 0 atom stereocenters. The van der Waals surface area contributed by atoms with E-state index in [1.165, 1.54) is 23.9 Å². The van der Waals surface area contributed by atoms with Gasteiger partial charge in [-0.25, -0.2) is 4.68 Å². The Labute approximate surface area is 143 Å². The first-order chi connectivity index (χ1) is 10.0. The molecule has 0 unspecified atom stereocenters. The molecule has 0 amide bonds. The molecule has 0 fully saturated rings. The van der Waals surface area contributed by atoms with E-state index in [1.807, 2.05) is 0 Å². The van der Waals surface area contributed by atoms with E-state index in [1.54, 1.807) is 0 Å². The number of aromatic amines is 1. The summed E-state index contributed by atoms with van der Waals surface area (Å²) in [4.78, 5) is 0. The number of ether oxygens (including phenoxy) is 1. The van der Waals surface area contributed by atoms with Gasteiger partial charge in [0, 0.05) is 6.42 Å². The maximum absolute atomic E-state index is 5.64. The van der Waals surface area contributed by atoms with E-state index in [9.17, 15) is 0 Å². The van der Waals surface area contributed by atoms with Crippen molar-refractivity contribution in [3.8, 4) is 0 Å². The lowest BCUT2D eigenvalue weighted by atomic mass is 10.1. The number of unbranched alkanes of at least 4 members (excludes halogenated alkanes) is 4. The van der Waals surface area contributed by atoms with Gasteiger partial charge in [-0.3, -0.25) is 5.10 Å². The van der Waals surface area contributed by atoms with E-state index in [2.05, 4.69) is 48.9 Å². The summed E-state index contributed by atoms with van der Waals surface area (Å²) in [5.41, 5.74) is 0. The smallest absolute Gasteiger partial charge is 0.216 e. The lowest BCUT2D eigenvalue weighted by Gasteiger charge is -1.99. The molecule has 0 aliphatic heterocycles. The maximum atomic E-state index is 5.64. The standard InChI is InChI=1S/C8H16N4S.C5H10OS2/c1-2-3-4-5-6-7-10-11-8(13)12(7)9;1-2-3-4-6-5(7)8/h2-6,9H2,1H3,(H,11,13);2-4H2,1H3,(H,7,8). The predicted molar refractivity (Wildman–Crippen MR) is 97.9 cm³/mol. The number of thiocarbonyl (C=S) groups is 1. The van der Waals surface area contributed by atoms with Gasteiger partial charge in [0.25, 0.3) is 0 Å². The number of aryl methyl sites for hydroxylation is 1. The molecule has 3 N–H and O–H groups in total.